The highest BCUT2D eigenvalue weighted by molar-refractivity contribution is 14.1. The minimum absolute atomic E-state index is 0.244. The lowest BCUT2D eigenvalue weighted by Crippen LogP contribution is -2.39. The van der Waals surface area contributed by atoms with Crippen LogP contribution in [0.2, 0.25) is 0 Å². The second-order valence-corrected chi connectivity index (χ2v) is 7.74. The predicted octanol–water partition coefficient (Wildman–Crippen LogP) is 3.96. The third-order valence-electron chi connectivity index (χ3n) is 3.70. The smallest absolute Gasteiger partial charge is 0.410 e. The minimum Gasteiger partial charge on any atom is -0.444 e. The van der Waals surface area contributed by atoms with Crippen molar-refractivity contribution in [3.05, 3.63) is 39.9 Å². The molecule has 1 aliphatic rings. The van der Waals surface area contributed by atoms with E-state index in [1.54, 1.807) is 4.90 Å². The van der Waals surface area contributed by atoms with E-state index in [-0.39, 0.29) is 6.09 Å². The van der Waals surface area contributed by atoms with Crippen molar-refractivity contribution >= 4 is 39.9 Å². The van der Waals surface area contributed by atoms with Crippen LogP contribution in [-0.2, 0) is 4.74 Å². The molecule has 1 amide bonds. The van der Waals surface area contributed by atoms with Gasteiger partial charge in [0.1, 0.15) is 14.9 Å². The Balaban J connectivity index is 1.74. The van der Waals surface area contributed by atoms with Crippen molar-refractivity contribution in [2.75, 3.05) is 13.1 Å². The average molecular weight is 425 g/mol. The van der Waals surface area contributed by atoms with Crippen molar-refractivity contribution in [3.8, 4) is 0 Å². The van der Waals surface area contributed by atoms with Crippen LogP contribution in [0.4, 0.5) is 4.79 Å². The van der Waals surface area contributed by atoms with Gasteiger partial charge >= 0.3 is 6.09 Å². The summed E-state index contributed by atoms with van der Waals surface area (Å²) < 4.78 is 8.57. The van der Waals surface area contributed by atoms with Gasteiger partial charge in [-0.25, -0.2) is 9.78 Å². The molecule has 0 radical (unpaired) electrons. The van der Waals surface area contributed by atoms with Gasteiger partial charge in [-0.3, -0.25) is 4.40 Å². The van der Waals surface area contributed by atoms with Crippen LogP contribution in [0.5, 0.6) is 0 Å². The first kappa shape index (κ1) is 16.3. The maximum atomic E-state index is 12.1. The molecule has 2 aromatic rings. The molecule has 0 unspecified atom stereocenters. The molecule has 0 saturated heterocycles. The molecule has 6 heteroatoms. The number of hydrogen-bond donors (Lipinski definition) is 0. The maximum Gasteiger partial charge on any atom is 0.410 e. The van der Waals surface area contributed by atoms with E-state index in [9.17, 15) is 4.79 Å². The molecular weight excluding hydrogens is 405 g/mol. The summed E-state index contributed by atoms with van der Waals surface area (Å²) in [5, 5.41) is 0. The molecule has 5 nitrogen and oxygen atoms in total. The Morgan fingerprint density at radius 2 is 2.17 bits per heavy atom. The zero-order chi connectivity index (χ0) is 16.6. The van der Waals surface area contributed by atoms with Crippen LogP contribution in [0.15, 0.2) is 30.6 Å². The maximum absolute atomic E-state index is 12.1. The van der Waals surface area contributed by atoms with E-state index >= 15 is 0 Å². The number of imidazole rings is 1. The summed E-state index contributed by atoms with van der Waals surface area (Å²) in [4.78, 5) is 18.2. The molecule has 0 aliphatic carbocycles. The number of fused-ring (bicyclic) bond motifs is 1. The Bertz CT molecular complexity index is 774. The molecule has 0 bridgehead atoms. The van der Waals surface area contributed by atoms with Gasteiger partial charge in [-0.05, 0) is 73.1 Å². The van der Waals surface area contributed by atoms with Crippen molar-refractivity contribution in [3.63, 3.8) is 0 Å². The molecule has 0 spiro atoms. The van der Waals surface area contributed by atoms with Gasteiger partial charge in [0.2, 0.25) is 0 Å². The number of aromatic nitrogens is 2. The molecule has 0 N–H and O–H groups in total. The normalized spacial score (nSPS) is 15.7. The molecule has 3 heterocycles. The van der Waals surface area contributed by atoms with Crippen LogP contribution in [0.3, 0.4) is 0 Å². The third kappa shape index (κ3) is 3.68. The van der Waals surface area contributed by atoms with Crippen molar-refractivity contribution in [2.24, 2.45) is 0 Å². The fraction of sp³-hybridized carbons (Fsp3) is 0.412. The van der Waals surface area contributed by atoms with Crippen LogP contribution in [0.25, 0.3) is 11.2 Å². The second kappa shape index (κ2) is 6.14. The zero-order valence-corrected chi connectivity index (χ0v) is 15.7. The average Bonchev–Trinajstić information content (AvgIpc) is 2.87. The highest BCUT2D eigenvalue weighted by Crippen LogP contribution is 2.24. The van der Waals surface area contributed by atoms with Crippen LogP contribution in [-0.4, -0.2) is 39.1 Å². The van der Waals surface area contributed by atoms with Crippen molar-refractivity contribution in [1.82, 2.24) is 14.3 Å². The fourth-order valence-corrected chi connectivity index (χ4v) is 3.12. The summed E-state index contributed by atoms with van der Waals surface area (Å²) in [5.74, 6) is 0. The van der Waals surface area contributed by atoms with Crippen LogP contribution >= 0.6 is 22.6 Å². The fourth-order valence-electron chi connectivity index (χ4n) is 2.57. The molecular formula is C17H20IN3O2. The Morgan fingerprint density at radius 1 is 1.39 bits per heavy atom. The number of hydrogen-bond acceptors (Lipinski definition) is 3. The van der Waals surface area contributed by atoms with Crippen molar-refractivity contribution < 1.29 is 9.53 Å². The van der Waals surface area contributed by atoms with Gasteiger partial charge in [0.25, 0.3) is 0 Å². The summed E-state index contributed by atoms with van der Waals surface area (Å²) in [6.07, 6.45) is 6.59. The molecule has 0 aromatic carbocycles. The summed E-state index contributed by atoms with van der Waals surface area (Å²) >= 11 is 2.27. The second-order valence-electron chi connectivity index (χ2n) is 6.63. The van der Waals surface area contributed by atoms with Crippen LogP contribution in [0.1, 0.15) is 32.8 Å². The standard InChI is InChI=1S/C17H20IN3O2/c1-17(2,3)23-16(22)20-7-4-12(5-8-20)13-6-9-21-14(18)11-19-15(21)10-13/h4,6,9-11H,5,7-8H2,1-3H3. The SMILES string of the molecule is CC(C)(C)OC(=O)N1CC=C(c2ccn3c(I)cnc3c2)CC1. The van der Waals surface area contributed by atoms with Crippen LogP contribution in [0, 0.1) is 3.70 Å². The topological polar surface area (TPSA) is 46.8 Å². The first-order valence-electron chi connectivity index (χ1n) is 7.63. The highest BCUT2D eigenvalue weighted by Gasteiger charge is 2.23. The van der Waals surface area contributed by atoms with E-state index in [1.165, 1.54) is 11.1 Å². The molecule has 3 rings (SSSR count). The van der Waals surface area contributed by atoms with Crippen LogP contribution < -0.4 is 0 Å². The van der Waals surface area contributed by atoms with Gasteiger partial charge in [0, 0.05) is 19.3 Å². The number of ether oxygens (including phenoxy) is 1. The number of carbonyl (C=O) groups is 1. The Hall–Kier alpha value is -1.57. The third-order valence-corrected chi connectivity index (χ3v) is 4.50. The lowest BCUT2D eigenvalue weighted by Gasteiger charge is -2.29. The molecule has 23 heavy (non-hydrogen) atoms. The predicted molar refractivity (Wildman–Crippen MR) is 98.3 cm³/mol. The van der Waals surface area contributed by atoms with Gasteiger partial charge in [0.15, 0.2) is 0 Å². The Kier molecular flexibility index (Phi) is 4.35. The van der Waals surface area contributed by atoms with E-state index in [4.69, 9.17) is 4.74 Å². The van der Waals surface area contributed by atoms with E-state index in [0.29, 0.717) is 13.1 Å². The summed E-state index contributed by atoms with van der Waals surface area (Å²) in [6, 6.07) is 4.20. The van der Waals surface area contributed by atoms with Gasteiger partial charge in [0.05, 0.1) is 6.20 Å². The summed E-state index contributed by atoms with van der Waals surface area (Å²) in [5.41, 5.74) is 2.92. The number of carbonyl (C=O) groups excluding carboxylic acids is 1. The lowest BCUT2D eigenvalue weighted by atomic mass is 10.0. The number of pyridine rings is 1. The van der Waals surface area contributed by atoms with Crippen molar-refractivity contribution in [2.45, 2.75) is 32.8 Å². The first-order valence-corrected chi connectivity index (χ1v) is 8.71. The van der Waals surface area contributed by atoms with Gasteiger partial charge in [-0.2, -0.15) is 0 Å². The van der Waals surface area contributed by atoms with Crippen molar-refractivity contribution in [1.29, 1.82) is 0 Å². The largest absolute Gasteiger partial charge is 0.444 e. The van der Waals surface area contributed by atoms with E-state index < -0.39 is 5.60 Å². The number of halogens is 1. The number of nitrogens with zero attached hydrogens (tertiary/aromatic N) is 3. The molecule has 2 aromatic heterocycles. The van der Waals surface area contributed by atoms with E-state index in [0.717, 1.165) is 15.8 Å². The van der Waals surface area contributed by atoms with Gasteiger partial charge in [-0.1, -0.05) is 6.08 Å². The van der Waals surface area contributed by atoms with Gasteiger partial charge in [-0.15, -0.1) is 0 Å². The Labute approximate surface area is 149 Å². The number of amides is 1. The quantitative estimate of drug-likeness (QED) is 0.650. The Morgan fingerprint density at radius 3 is 2.83 bits per heavy atom. The lowest BCUT2D eigenvalue weighted by molar-refractivity contribution is 0.0270. The number of rotatable bonds is 1. The highest BCUT2D eigenvalue weighted by atomic mass is 127. The molecule has 122 valence electrons. The molecule has 1 aliphatic heterocycles. The zero-order valence-electron chi connectivity index (χ0n) is 13.5. The minimum atomic E-state index is -0.454. The molecule has 0 saturated carbocycles. The molecule has 0 atom stereocenters. The summed E-state index contributed by atoms with van der Waals surface area (Å²) in [7, 11) is 0. The summed E-state index contributed by atoms with van der Waals surface area (Å²) in [6.45, 7) is 6.92. The monoisotopic (exact) mass is 425 g/mol. The van der Waals surface area contributed by atoms with Gasteiger partial charge < -0.3 is 9.64 Å². The first-order chi connectivity index (χ1) is 10.8. The molecule has 0 fully saturated rings. The van der Waals surface area contributed by atoms with E-state index in [2.05, 4.69) is 50.2 Å². The van der Waals surface area contributed by atoms with E-state index in [1.807, 2.05) is 33.2 Å².